The third-order valence-corrected chi connectivity index (χ3v) is 2.98. The van der Waals surface area contributed by atoms with Crippen LogP contribution in [0.1, 0.15) is 51.7 Å². The Balaban J connectivity index is 2.60. The lowest BCUT2D eigenvalue weighted by Crippen LogP contribution is -2.17. The topological polar surface area (TPSA) is 73.9 Å². The van der Waals surface area contributed by atoms with E-state index < -0.39 is 6.16 Å². The van der Waals surface area contributed by atoms with Gasteiger partial charge in [-0.25, -0.2) is 4.79 Å². The zero-order valence-corrected chi connectivity index (χ0v) is 13.2. The molecule has 5 nitrogen and oxygen atoms in total. The van der Waals surface area contributed by atoms with Crippen LogP contribution in [0.4, 0.5) is 4.79 Å². The smallest absolute Gasteiger partial charge is 0.433 e. The molecule has 116 valence electrons. The van der Waals surface area contributed by atoms with Gasteiger partial charge in [0.15, 0.2) is 5.84 Å². The molecule has 0 bridgehead atoms. The molecule has 0 aromatic heterocycles. The lowest BCUT2D eigenvalue weighted by molar-refractivity contribution is 0.0565. The highest BCUT2D eigenvalue weighted by Gasteiger charge is 2.13. The summed E-state index contributed by atoms with van der Waals surface area (Å²) in [5.74, 6) is 0.142. The van der Waals surface area contributed by atoms with Gasteiger partial charge in [0.05, 0.1) is 6.61 Å². The Morgan fingerprint density at radius 1 is 1.24 bits per heavy atom. The Kier molecular flexibility index (Phi) is 6.21. The molecule has 2 N–H and O–H groups in total. The predicted octanol–water partition coefficient (Wildman–Crippen LogP) is 3.56. The van der Waals surface area contributed by atoms with E-state index in [0.717, 1.165) is 12.8 Å². The van der Waals surface area contributed by atoms with Crippen molar-refractivity contribution in [3.8, 4) is 0 Å². The van der Waals surface area contributed by atoms with Crippen molar-refractivity contribution in [1.29, 1.82) is 0 Å². The van der Waals surface area contributed by atoms with Crippen LogP contribution < -0.4 is 5.73 Å². The van der Waals surface area contributed by atoms with Gasteiger partial charge in [-0.3, -0.25) is 4.84 Å². The number of rotatable bonds is 5. The summed E-state index contributed by atoms with van der Waals surface area (Å²) in [4.78, 5) is 15.8. The van der Waals surface area contributed by atoms with Crippen molar-refractivity contribution < 1.29 is 14.4 Å². The average molecular weight is 292 g/mol. The molecule has 0 spiro atoms. The van der Waals surface area contributed by atoms with Crippen molar-refractivity contribution in [1.82, 2.24) is 0 Å². The fraction of sp³-hybridized carbons (Fsp3) is 0.500. The molecular weight excluding hydrogens is 268 g/mol. The minimum atomic E-state index is -0.835. The summed E-state index contributed by atoms with van der Waals surface area (Å²) in [6, 6.07) is 7.67. The molecule has 0 atom stereocenters. The number of benzene rings is 1. The van der Waals surface area contributed by atoms with Crippen molar-refractivity contribution in [2.45, 2.75) is 46.0 Å². The molecule has 0 fully saturated rings. The van der Waals surface area contributed by atoms with Crippen molar-refractivity contribution in [2.24, 2.45) is 10.9 Å². The van der Waals surface area contributed by atoms with Gasteiger partial charge in [0.1, 0.15) is 0 Å². The van der Waals surface area contributed by atoms with Crippen LogP contribution in [0.2, 0.25) is 0 Å². The highest BCUT2D eigenvalue weighted by atomic mass is 16.8. The Hall–Kier alpha value is -2.04. The van der Waals surface area contributed by atoms with E-state index in [-0.39, 0.29) is 11.3 Å². The maximum Gasteiger partial charge on any atom is 0.535 e. The second kappa shape index (κ2) is 7.67. The van der Waals surface area contributed by atoms with Gasteiger partial charge in [-0.2, -0.15) is 0 Å². The molecule has 1 rings (SSSR count). The number of carbonyl (C=O) groups excluding carboxylic acids is 1. The largest absolute Gasteiger partial charge is 0.535 e. The molecule has 0 radical (unpaired) electrons. The zero-order valence-electron chi connectivity index (χ0n) is 13.2. The highest BCUT2D eigenvalue weighted by molar-refractivity contribution is 5.97. The molecular formula is C16H24N2O3. The summed E-state index contributed by atoms with van der Waals surface area (Å²) in [5.41, 5.74) is 7.74. The van der Waals surface area contributed by atoms with Crippen molar-refractivity contribution >= 4 is 12.0 Å². The van der Waals surface area contributed by atoms with Crippen molar-refractivity contribution in [2.75, 3.05) is 6.61 Å². The molecule has 0 aliphatic heterocycles. The molecule has 0 saturated carbocycles. The van der Waals surface area contributed by atoms with Gasteiger partial charge in [0.2, 0.25) is 0 Å². The maximum absolute atomic E-state index is 11.2. The Morgan fingerprint density at radius 3 is 2.38 bits per heavy atom. The molecule has 0 unspecified atom stereocenters. The van der Waals surface area contributed by atoms with Crippen LogP contribution in [0.15, 0.2) is 29.4 Å². The van der Waals surface area contributed by atoms with Gasteiger partial charge in [0, 0.05) is 5.56 Å². The van der Waals surface area contributed by atoms with Crippen LogP contribution in [-0.2, 0) is 15.0 Å². The van der Waals surface area contributed by atoms with E-state index in [1.807, 2.05) is 31.2 Å². The molecule has 0 aliphatic rings. The van der Waals surface area contributed by atoms with Gasteiger partial charge >= 0.3 is 6.16 Å². The Labute approximate surface area is 126 Å². The summed E-state index contributed by atoms with van der Waals surface area (Å²) in [7, 11) is 0. The number of hydrogen-bond donors (Lipinski definition) is 1. The van der Waals surface area contributed by atoms with Crippen LogP contribution in [0.5, 0.6) is 0 Å². The van der Waals surface area contributed by atoms with Crippen LogP contribution in [-0.4, -0.2) is 18.6 Å². The van der Waals surface area contributed by atoms with E-state index in [1.165, 1.54) is 5.56 Å². The van der Waals surface area contributed by atoms with E-state index in [0.29, 0.717) is 12.2 Å². The fourth-order valence-corrected chi connectivity index (χ4v) is 1.61. The molecule has 21 heavy (non-hydrogen) atoms. The lowest BCUT2D eigenvalue weighted by Gasteiger charge is -2.18. The normalized spacial score (nSPS) is 12.1. The van der Waals surface area contributed by atoms with Crippen molar-refractivity contribution in [3.63, 3.8) is 0 Å². The number of hydrogen-bond acceptors (Lipinski definition) is 4. The van der Waals surface area contributed by atoms with Gasteiger partial charge in [-0.15, -0.1) is 0 Å². The predicted molar refractivity (Wildman–Crippen MR) is 83.2 cm³/mol. The van der Waals surface area contributed by atoms with E-state index in [9.17, 15) is 4.79 Å². The zero-order chi connectivity index (χ0) is 15.9. The minimum absolute atomic E-state index is 0.0734. The van der Waals surface area contributed by atoms with Crippen LogP contribution in [0, 0.1) is 0 Å². The summed E-state index contributed by atoms with van der Waals surface area (Å²) < 4.78 is 4.81. The van der Waals surface area contributed by atoms with E-state index in [1.54, 1.807) is 0 Å². The SMILES string of the molecule is CCCCOC(=O)O/N=C(\N)c1ccc(C(C)(C)C)cc1. The number of carbonyl (C=O) groups is 1. The first kappa shape index (κ1) is 17.0. The first-order valence-electron chi connectivity index (χ1n) is 7.12. The van der Waals surface area contributed by atoms with E-state index in [4.69, 9.17) is 10.5 Å². The van der Waals surface area contributed by atoms with Crippen LogP contribution >= 0.6 is 0 Å². The van der Waals surface area contributed by atoms with E-state index in [2.05, 4.69) is 30.8 Å². The molecule has 0 amide bonds. The lowest BCUT2D eigenvalue weighted by atomic mass is 9.87. The van der Waals surface area contributed by atoms with Gasteiger partial charge < -0.3 is 10.5 Å². The minimum Gasteiger partial charge on any atom is -0.433 e. The average Bonchev–Trinajstić information content (AvgIpc) is 2.44. The molecule has 0 aliphatic carbocycles. The van der Waals surface area contributed by atoms with Gasteiger partial charge in [-0.05, 0) is 17.4 Å². The third-order valence-electron chi connectivity index (χ3n) is 2.98. The fourth-order valence-electron chi connectivity index (χ4n) is 1.61. The Bertz CT molecular complexity index is 487. The molecule has 1 aromatic carbocycles. The summed E-state index contributed by atoms with van der Waals surface area (Å²) in [6.45, 7) is 8.73. The number of ether oxygens (including phenoxy) is 1. The maximum atomic E-state index is 11.2. The second-order valence-electron chi connectivity index (χ2n) is 5.85. The van der Waals surface area contributed by atoms with Crippen molar-refractivity contribution in [3.05, 3.63) is 35.4 Å². The molecule has 1 aromatic rings. The highest BCUT2D eigenvalue weighted by Crippen LogP contribution is 2.22. The number of unbranched alkanes of at least 4 members (excludes halogenated alkanes) is 1. The third kappa shape index (κ3) is 5.85. The van der Waals surface area contributed by atoms with Gasteiger partial charge in [-0.1, -0.05) is 63.5 Å². The number of oxime groups is 1. The monoisotopic (exact) mass is 292 g/mol. The number of amidine groups is 1. The molecule has 0 saturated heterocycles. The summed E-state index contributed by atoms with van der Waals surface area (Å²) in [6.07, 6.45) is 0.902. The second-order valence-corrected chi connectivity index (χ2v) is 5.85. The number of nitrogens with zero attached hydrogens (tertiary/aromatic N) is 1. The molecule has 5 heteroatoms. The first-order valence-corrected chi connectivity index (χ1v) is 7.12. The number of nitrogens with two attached hydrogens (primary N) is 1. The summed E-state index contributed by atoms with van der Waals surface area (Å²) in [5, 5.41) is 3.58. The van der Waals surface area contributed by atoms with Crippen LogP contribution in [0.3, 0.4) is 0 Å². The molecule has 0 heterocycles. The first-order chi connectivity index (χ1) is 9.84. The Morgan fingerprint density at radius 2 is 1.86 bits per heavy atom. The van der Waals surface area contributed by atoms with Gasteiger partial charge in [0.25, 0.3) is 0 Å². The standard InChI is InChI=1S/C16H24N2O3/c1-5-6-11-20-15(19)21-18-14(17)12-7-9-13(10-8-12)16(2,3)4/h7-10H,5-6,11H2,1-4H3,(H2,17,18). The van der Waals surface area contributed by atoms with E-state index >= 15 is 0 Å². The van der Waals surface area contributed by atoms with Crippen LogP contribution in [0.25, 0.3) is 0 Å². The quantitative estimate of drug-likeness (QED) is 0.225. The summed E-state index contributed by atoms with van der Waals surface area (Å²) >= 11 is 0.